The maximum Gasteiger partial charge on any atom is 0.240 e. The second-order valence-electron chi connectivity index (χ2n) is 4.83. The monoisotopic (exact) mass is 329 g/mol. The molecule has 0 radical (unpaired) electrons. The maximum absolute atomic E-state index is 11.6. The summed E-state index contributed by atoms with van der Waals surface area (Å²) in [6.45, 7) is 0.558. The summed E-state index contributed by atoms with van der Waals surface area (Å²) < 4.78 is 0.555. The van der Waals surface area contributed by atoms with E-state index in [1.165, 1.54) is 11.8 Å². The average molecular weight is 329 g/mol. The van der Waals surface area contributed by atoms with Crippen LogP contribution in [0.5, 0.6) is 0 Å². The van der Waals surface area contributed by atoms with Crippen LogP contribution in [0.25, 0.3) is 0 Å². The summed E-state index contributed by atoms with van der Waals surface area (Å²) in [5, 5.41) is 9.07. The van der Waals surface area contributed by atoms with E-state index >= 15 is 0 Å². The fourth-order valence-electron chi connectivity index (χ4n) is 2.10. The third-order valence-corrected chi connectivity index (χ3v) is 4.58. The first-order valence-corrected chi connectivity index (χ1v) is 8.17. The molecule has 112 valence electrons. The molecule has 3 rings (SSSR count). The van der Waals surface area contributed by atoms with E-state index in [1.807, 2.05) is 54.6 Å². The number of thiocarbonyl (C=S) groups is 1. The molecular weight excluding hydrogens is 314 g/mol. The van der Waals surface area contributed by atoms with Gasteiger partial charge in [-0.05, 0) is 36.4 Å². The molecule has 4 nitrogen and oxygen atoms in total. The lowest BCUT2D eigenvalue weighted by Crippen LogP contribution is -2.28. The van der Waals surface area contributed by atoms with Crippen LogP contribution < -0.4 is 16.0 Å². The number of benzene rings is 2. The van der Waals surface area contributed by atoms with Crippen LogP contribution in [0, 0.1) is 0 Å². The molecular formula is C16H15N3OS2. The van der Waals surface area contributed by atoms with Gasteiger partial charge < -0.3 is 16.0 Å². The molecule has 1 aliphatic heterocycles. The molecule has 1 atom stereocenters. The van der Waals surface area contributed by atoms with Crippen molar-refractivity contribution >= 4 is 51.3 Å². The van der Waals surface area contributed by atoms with E-state index in [0.29, 0.717) is 10.9 Å². The van der Waals surface area contributed by atoms with Crippen LogP contribution >= 0.6 is 24.0 Å². The minimum atomic E-state index is -0.158. The van der Waals surface area contributed by atoms with Crippen molar-refractivity contribution in [3.05, 3.63) is 54.6 Å². The minimum Gasteiger partial charge on any atom is -0.383 e. The number of carbonyl (C=O) groups is 1. The van der Waals surface area contributed by atoms with Gasteiger partial charge in [-0.1, -0.05) is 42.2 Å². The number of para-hydroxylation sites is 1. The Morgan fingerprint density at radius 1 is 1.00 bits per heavy atom. The summed E-state index contributed by atoms with van der Waals surface area (Å²) in [5.74, 6) is -0.0233. The van der Waals surface area contributed by atoms with Crippen molar-refractivity contribution < 1.29 is 4.79 Å². The van der Waals surface area contributed by atoms with Crippen molar-refractivity contribution in [2.24, 2.45) is 0 Å². The fraction of sp³-hybridized carbons (Fsp3) is 0.125. The van der Waals surface area contributed by atoms with Gasteiger partial charge >= 0.3 is 0 Å². The first-order valence-electron chi connectivity index (χ1n) is 6.88. The third kappa shape index (κ3) is 3.78. The van der Waals surface area contributed by atoms with Crippen LogP contribution in [0.4, 0.5) is 17.1 Å². The lowest BCUT2D eigenvalue weighted by Gasteiger charge is -2.11. The summed E-state index contributed by atoms with van der Waals surface area (Å²) in [6, 6.07) is 18.0. The van der Waals surface area contributed by atoms with Crippen LogP contribution in [0.2, 0.25) is 0 Å². The van der Waals surface area contributed by atoms with Crippen LogP contribution in [-0.4, -0.2) is 22.0 Å². The van der Waals surface area contributed by atoms with Crippen molar-refractivity contribution in [3.8, 4) is 0 Å². The maximum atomic E-state index is 11.6. The Hall–Kier alpha value is -2.05. The van der Waals surface area contributed by atoms with Crippen LogP contribution in [0.1, 0.15) is 0 Å². The van der Waals surface area contributed by atoms with Gasteiger partial charge in [0, 0.05) is 23.6 Å². The number of amides is 1. The molecule has 1 heterocycles. The molecule has 0 bridgehead atoms. The van der Waals surface area contributed by atoms with Gasteiger partial charge in [-0.25, -0.2) is 0 Å². The Morgan fingerprint density at radius 2 is 1.64 bits per heavy atom. The predicted molar refractivity (Wildman–Crippen MR) is 96.8 cm³/mol. The summed E-state index contributed by atoms with van der Waals surface area (Å²) in [4.78, 5) is 11.6. The van der Waals surface area contributed by atoms with E-state index in [0.717, 1.165) is 17.1 Å². The molecule has 1 unspecified atom stereocenters. The van der Waals surface area contributed by atoms with E-state index in [9.17, 15) is 4.79 Å². The highest BCUT2D eigenvalue weighted by Crippen LogP contribution is 2.21. The molecule has 1 fully saturated rings. The molecule has 0 spiro atoms. The molecule has 3 N–H and O–H groups in total. The second-order valence-corrected chi connectivity index (χ2v) is 6.71. The predicted octanol–water partition coefficient (Wildman–Crippen LogP) is 3.36. The topological polar surface area (TPSA) is 53.2 Å². The highest BCUT2D eigenvalue weighted by Gasteiger charge is 2.28. The van der Waals surface area contributed by atoms with E-state index in [4.69, 9.17) is 12.2 Å². The van der Waals surface area contributed by atoms with Gasteiger partial charge in [-0.2, -0.15) is 0 Å². The number of thioether (sulfide) groups is 1. The molecule has 1 amide bonds. The van der Waals surface area contributed by atoms with Gasteiger partial charge in [0.2, 0.25) is 5.91 Å². The van der Waals surface area contributed by atoms with E-state index < -0.39 is 0 Å². The summed E-state index contributed by atoms with van der Waals surface area (Å²) in [6.07, 6.45) is 0. The van der Waals surface area contributed by atoms with Crippen molar-refractivity contribution in [3.63, 3.8) is 0 Å². The molecule has 22 heavy (non-hydrogen) atoms. The summed E-state index contributed by atoms with van der Waals surface area (Å²) >= 11 is 6.37. The smallest absolute Gasteiger partial charge is 0.240 e. The lowest BCUT2D eigenvalue weighted by atomic mass is 10.2. The van der Waals surface area contributed by atoms with E-state index in [2.05, 4.69) is 16.0 Å². The summed E-state index contributed by atoms with van der Waals surface area (Å²) in [7, 11) is 0. The molecule has 1 saturated heterocycles. The molecule has 6 heteroatoms. The number of rotatable bonds is 5. The zero-order valence-corrected chi connectivity index (χ0v) is 13.3. The Kier molecular flexibility index (Phi) is 4.60. The normalized spacial score (nSPS) is 17.2. The van der Waals surface area contributed by atoms with Crippen LogP contribution in [0.15, 0.2) is 54.6 Å². The summed E-state index contributed by atoms with van der Waals surface area (Å²) in [5.41, 5.74) is 3.05. The Morgan fingerprint density at radius 3 is 2.27 bits per heavy atom. The highest BCUT2D eigenvalue weighted by molar-refractivity contribution is 8.24. The zero-order chi connectivity index (χ0) is 15.4. The van der Waals surface area contributed by atoms with E-state index in [1.54, 1.807) is 0 Å². The number of carbonyl (C=O) groups excluding carboxylic acids is 1. The Bertz CT molecular complexity index is 674. The van der Waals surface area contributed by atoms with Crippen LogP contribution in [-0.2, 0) is 4.79 Å². The Labute approximate surface area is 138 Å². The Balaban J connectivity index is 1.55. The standard InChI is InChI=1S/C16H15N3OS2/c20-15-14(22-16(21)19-15)10-17-11-6-8-13(9-7-11)18-12-4-2-1-3-5-12/h1-9,14,17-18H,10H2,(H,19,20,21). The first kappa shape index (κ1) is 14.9. The number of hydrogen-bond donors (Lipinski definition) is 3. The second kappa shape index (κ2) is 6.81. The van der Waals surface area contributed by atoms with Gasteiger partial charge in [0.1, 0.15) is 9.57 Å². The number of hydrogen-bond acceptors (Lipinski definition) is 5. The van der Waals surface area contributed by atoms with Crippen molar-refractivity contribution in [2.75, 3.05) is 17.2 Å². The van der Waals surface area contributed by atoms with Gasteiger partial charge in [0.15, 0.2) is 0 Å². The lowest BCUT2D eigenvalue weighted by molar-refractivity contribution is -0.118. The quantitative estimate of drug-likeness (QED) is 0.735. The van der Waals surface area contributed by atoms with Gasteiger partial charge in [-0.15, -0.1) is 0 Å². The first-order chi connectivity index (χ1) is 10.7. The number of nitrogens with one attached hydrogen (secondary N) is 3. The molecule has 1 aliphatic rings. The third-order valence-electron chi connectivity index (χ3n) is 3.21. The molecule has 0 saturated carbocycles. The zero-order valence-electron chi connectivity index (χ0n) is 11.7. The van der Waals surface area contributed by atoms with Gasteiger partial charge in [-0.3, -0.25) is 4.79 Å². The van der Waals surface area contributed by atoms with Gasteiger partial charge in [0.25, 0.3) is 0 Å². The average Bonchev–Trinajstić information content (AvgIpc) is 2.85. The largest absolute Gasteiger partial charge is 0.383 e. The highest BCUT2D eigenvalue weighted by atomic mass is 32.2. The van der Waals surface area contributed by atoms with Crippen molar-refractivity contribution in [1.82, 2.24) is 5.32 Å². The van der Waals surface area contributed by atoms with Crippen molar-refractivity contribution in [1.29, 1.82) is 0 Å². The van der Waals surface area contributed by atoms with E-state index in [-0.39, 0.29) is 11.2 Å². The van der Waals surface area contributed by atoms with Crippen LogP contribution in [0.3, 0.4) is 0 Å². The SMILES string of the molecule is O=C1NC(=S)SC1CNc1ccc(Nc2ccccc2)cc1. The molecule has 0 aliphatic carbocycles. The van der Waals surface area contributed by atoms with Crippen molar-refractivity contribution in [2.45, 2.75) is 5.25 Å². The molecule has 0 aromatic heterocycles. The fourth-order valence-corrected chi connectivity index (χ4v) is 3.30. The number of anilines is 3. The minimum absolute atomic E-state index is 0.0233. The molecule has 2 aromatic rings. The molecule has 2 aromatic carbocycles. The van der Waals surface area contributed by atoms with Gasteiger partial charge in [0.05, 0.1) is 0 Å².